The van der Waals surface area contributed by atoms with Crippen LogP contribution < -0.4 is 5.32 Å². The number of aromatic nitrogens is 2. The Morgan fingerprint density at radius 2 is 2.19 bits per heavy atom. The molecule has 1 aromatic carbocycles. The lowest BCUT2D eigenvalue weighted by Gasteiger charge is -2.06. The zero-order chi connectivity index (χ0) is 15.6. The Balaban J connectivity index is 2.13. The van der Waals surface area contributed by atoms with Crippen LogP contribution in [0.1, 0.15) is 11.4 Å². The molecule has 0 aliphatic rings. The van der Waals surface area contributed by atoms with Gasteiger partial charge >= 0.3 is 5.69 Å². The molecule has 0 radical (unpaired) electrons. The SMILES string of the molecule is Cc1nn(CC(=O)Nc2cccc(Cl)c2)c(C)c1[N+](=O)[O-]. The molecule has 0 aliphatic heterocycles. The first-order chi connectivity index (χ1) is 9.88. The van der Waals surface area contributed by atoms with Crippen LogP contribution in [0, 0.1) is 24.0 Å². The van der Waals surface area contributed by atoms with Crippen LogP contribution in [0.2, 0.25) is 5.02 Å². The quantitative estimate of drug-likeness (QED) is 0.694. The molecule has 0 unspecified atom stereocenters. The first-order valence-electron chi connectivity index (χ1n) is 6.12. The molecule has 0 aliphatic carbocycles. The number of nitro groups is 1. The normalized spacial score (nSPS) is 10.4. The molecule has 0 saturated carbocycles. The van der Waals surface area contributed by atoms with Gasteiger partial charge in [0.2, 0.25) is 5.91 Å². The minimum atomic E-state index is -0.497. The topological polar surface area (TPSA) is 90.1 Å². The summed E-state index contributed by atoms with van der Waals surface area (Å²) < 4.78 is 1.31. The molecule has 0 atom stereocenters. The molecule has 1 aromatic heterocycles. The maximum absolute atomic E-state index is 12.0. The molecule has 0 bridgehead atoms. The molecule has 0 fully saturated rings. The number of nitrogens with zero attached hydrogens (tertiary/aromatic N) is 3. The Morgan fingerprint density at radius 3 is 2.76 bits per heavy atom. The Hall–Kier alpha value is -2.41. The highest BCUT2D eigenvalue weighted by Gasteiger charge is 2.22. The van der Waals surface area contributed by atoms with Gasteiger partial charge in [-0.1, -0.05) is 17.7 Å². The van der Waals surface area contributed by atoms with E-state index in [1.807, 2.05) is 0 Å². The van der Waals surface area contributed by atoms with Crippen molar-refractivity contribution >= 4 is 28.9 Å². The zero-order valence-electron chi connectivity index (χ0n) is 11.5. The number of rotatable bonds is 4. The maximum atomic E-state index is 12.0. The van der Waals surface area contributed by atoms with Crippen LogP contribution >= 0.6 is 11.6 Å². The fraction of sp³-hybridized carbons (Fsp3) is 0.231. The van der Waals surface area contributed by atoms with E-state index >= 15 is 0 Å². The maximum Gasteiger partial charge on any atom is 0.312 e. The number of anilines is 1. The summed E-state index contributed by atoms with van der Waals surface area (Å²) in [5.41, 5.74) is 1.13. The van der Waals surface area contributed by atoms with Crippen molar-refractivity contribution in [1.29, 1.82) is 0 Å². The summed E-state index contributed by atoms with van der Waals surface area (Å²) in [6.45, 7) is 2.99. The van der Waals surface area contributed by atoms with E-state index in [4.69, 9.17) is 11.6 Å². The summed E-state index contributed by atoms with van der Waals surface area (Å²) in [6.07, 6.45) is 0. The largest absolute Gasteiger partial charge is 0.324 e. The highest BCUT2D eigenvalue weighted by atomic mass is 35.5. The van der Waals surface area contributed by atoms with Gasteiger partial charge in [0.1, 0.15) is 17.9 Å². The molecule has 8 heteroatoms. The third kappa shape index (κ3) is 3.38. The van der Waals surface area contributed by atoms with Crippen LogP contribution in [-0.2, 0) is 11.3 Å². The first-order valence-corrected chi connectivity index (χ1v) is 6.50. The van der Waals surface area contributed by atoms with Crippen molar-refractivity contribution in [3.63, 3.8) is 0 Å². The third-order valence-electron chi connectivity index (χ3n) is 2.93. The van der Waals surface area contributed by atoms with Crippen LogP contribution in [0.15, 0.2) is 24.3 Å². The molecule has 0 saturated heterocycles. The minimum Gasteiger partial charge on any atom is -0.324 e. The van der Waals surface area contributed by atoms with E-state index in [2.05, 4.69) is 10.4 Å². The smallest absolute Gasteiger partial charge is 0.312 e. The number of benzene rings is 1. The van der Waals surface area contributed by atoms with Crippen molar-refractivity contribution in [2.75, 3.05) is 5.32 Å². The number of amides is 1. The van der Waals surface area contributed by atoms with E-state index in [1.54, 1.807) is 31.2 Å². The fourth-order valence-electron chi connectivity index (χ4n) is 2.01. The number of carbonyl (C=O) groups excluding carboxylic acids is 1. The molecule has 1 N–H and O–H groups in total. The number of nitrogens with one attached hydrogen (secondary N) is 1. The summed E-state index contributed by atoms with van der Waals surface area (Å²) in [6, 6.07) is 6.73. The fourth-order valence-corrected chi connectivity index (χ4v) is 2.20. The Bertz CT molecular complexity index is 711. The lowest BCUT2D eigenvalue weighted by molar-refractivity contribution is -0.386. The second-order valence-corrected chi connectivity index (χ2v) is 4.93. The second kappa shape index (κ2) is 5.92. The third-order valence-corrected chi connectivity index (χ3v) is 3.16. The van der Waals surface area contributed by atoms with Gasteiger partial charge in [-0.05, 0) is 32.0 Å². The van der Waals surface area contributed by atoms with E-state index in [0.717, 1.165) is 0 Å². The lowest BCUT2D eigenvalue weighted by atomic mass is 10.3. The van der Waals surface area contributed by atoms with Crippen LogP contribution in [-0.4, -0.2) is 20.6 Å². The van der Waals surface area contributed by atoms with Crippen molar-refractivity contribution in [3.05, 3.63) is 50.8 Å². The zero-order valence-corrected chi connectivity index (χ0v) is 12.2. The highest BCUT2D eigenvalue weighted by molar-refractivity contribution is 6.30. The molecule has 0 spiro atoms. The predicted octanol–water partition coefficient (Wildman–Crippen LogP) is 2.70. The molecule has 1 heterocycles. The monoisotopic (exact) mass is 308 g/mol. The Morgan fingerprint density at radius 1 is 1.48 bits per heavy atom. The first kappa shape index (κ1) is 15.0. The molecular formula is C13H13ClN4O3. The molecular weight excluding hydrogens is 296 g/mol. The Kier molecular flexibility index (Phi) is 4.23. The summed E-state index contributed by atoms with van der Waals surface area (Å²) in [7, 11) is 0. The number of hydrogen-bond donors (Lipinski definition) is 1. The standard InChI is InChI=1S/C13H13ClN4O3/c1-8-13(18(20)21)9(2)17(16-8)7-12(19)15-11-5-3-4-10(14)6-11/h3-6H,7H2,1-2H3,(H,15,19). The highest BCUT2D eigenvalue weighted by Crippen LogP contribution is 2.21. The van der Waals surface area contributed by atoms with Crippen LogP contribution in [0.25, 0.3) is 0 Å². The minimum absolute atomic E-state index is 0.0643. The number of aryl methyl sites for hydroxylation is 1. The van der Waals surface area contributed by atoms with Gasteiger partial charge in [0.05, 0.1) is 4.92 Å². The molecule has 7 nitrogen and oxygen atoms in total. The van der Waals surface area contributed by atoms with Crippen molar-refractivity contribution in [2.24, 2.45) is 0 Å². The van der Waals surface area contributed by atoms with Gasteiger partial charge in [-0.25, -0.2) is 0 Å². The number of carbonyl (C=O) groups is 1. The van der Waals surface area contributed by atoms with E-state index in [1.165, 1.54) is 11.6 Å². The summed E-state index contributed by atoms with van der Waals surface area (Å²) in [5.74, 6) is -0.335. The predicted molar refractivity (Wildman–Crippen MR) is 78.4 cm³/mol. The summed E-state index contributed by atoms with van der Waals surface area (Å²) >= 11 is 5.83. The average Bonchev–Trinajstić information content (AvgIpc) is 2.64. The van der Waals surface area contributed by atoms with Crippen molar-refractivity contribution in [1.82, 2.24) is 9.78 Å². The number of hydrogen-bond acceptors (Lipinski definition) is 4. The van der Waals surface area contributed by atoms with Crippen molar-refractivity contribution in [3.8, 4) is 0 Å². The van der Waals surface area contributed by atoms with Gasteiger partial charge < -0.3 is 5.32 Å². The summed E-state index contributed by atoms with van der Waals surface area (Å²) in [5, 5.41) is 18.1. The molecule has 2 rings (SSSR count). The lowest BCUT2D eigenvalue weighted by Crippen LogP contribution is -2.20. The average molecular weight is 309 g/mol. The van der Waals surface area contributed by atoms with Gasteiger partial charge in [0, 0.05) is 10.7 Å². The molecule has 21 heavy (non-hydrogen) atoms. The van der Waals surface area contributed by atoms with Crippen LogP contribution in [0.3, 0.4) is 0 Å². The van der Waals surface area contributed by atoms with Crippen molar-refractivity contribution in [2.45, 2.75) is 20.4 Å². The van der Waals surface area contributed by atoms with E-state index < -0.39 is 4.92 Å². The van der Waals surface area contributed by atoms with Gasteiger partial charge in [-0.2, -0.15) is 5.10 Å². The van der Waals surface area contributed by atoms with Gasteiger partial charge in [-0.3, -0.25) is 19.6 Å². The molecule has 1 amide bonds. The van der Waals surface area contributed by atoms with E-state index in [9.17, 15) is 14.9 Å². The summed E-state index contributed by atoms with van der Waals surface area (Å²) in [4.78, 5) is 22.4. The molecule has 2 aromatic rings. The second-order valence-electron chi connectivity index (χ2n) is 4.49. The number of halogens is 1. The molecule has 110 valence electrons. The van der Waals surface area contributed by atoms with Crippen LogP contribution in [0.4, 0.5) is 11.4 Å². The van der Waals surface area contributed by atoms with E-state index in [-0.39, 0.29) is 23.8 Å². The van der Waals surface area contributed by atoms with Gasteiger partial charge in [-0.15, -0.1) is 0 Å². The van der Waals surface area contributed by atoms with Gasteiger partial charge in [0.15, 0.2) is 0 Å². The van der Waals surface area contributed by atoms with Crippen molar-refractivity contribution < 1.29 is 9.72 Å². The van der Waals surface area contributed by atoms with E-state index in [0.29, 0.717) is 16.4 Å². The Labute approximate surface area is 125 Å². The van der Waals surface area contributed by atoms with Crippen LogP contribution in [0.5, 0.6) is 0 Å². The van der Waals surface area contributed by atoms with Gasteiger partial charge in [0.25, 0.3) is 0 Å².